The molecule has 0 saturated heterocycles. The summed E-state index contributed by atoms with van der Waals surface area (Å²) in [6.45, 7) is 1.42. The first kappa shape index (κ1) is 10.4. The summed E-state index contributed by atoms with van der Waals surface area (Å²) in [6, 6.07) is 3.40. The van der Waals surface area contributed by atoms with Crippen LogP contribution in [0.5, 0.6) is 0 Å². The molecule has 0 fully saturated rings. The predicted octanol–water partition coefficient (Wildman–Crippen LogP) is 0.945. The van der Waals surface area contributed by atoms with E-state index in [0.29, 0.717) is 5.69 Å². The highest BCUT2D eigenvalue weighted by molar-refractivity contribution is 14.1. The summed E-state index contributed by atoms with van der Waals surface area (Å²) in [6.07, 6.45) is 1.59. The predicted molar refractivity (Wildman–Crippen MR) is 56.1 cm³/mol. The van der Waals surface area contributed by atoms with Gasteiger partial charge in [0.15, 0.2) is 5.54 Å². The normalized spacial score (nSPS) is 15.0. The first-order chi connectivity index (χ1) is 5.94. The molecule has 0 radical (unpaired) electrons. The summed E-state index contributed by atoms with van der Waals surface area (Å²) in [5.41, 5.74) is 4.52. The van der Waals surface area contributed by atoms with E-state index in [4.69, 9.17) is 10.8 Å². The summed E-state index contributed by atoms with van der Waals surface area (Å²) in [7, 11) is 0. The van der Waals surface area contributed by atoms with Gasteiger partial charge in [0.25, 0.3) is 0 Å². The van der Waals surface area contributed by atoms with Gasteiger partial charge < -0.3 is 10.8 Å². The third-order valence-electron chi connectivity index (χ3n) is 1.70. The molecule has 0 spiro atoms. The lowest BCUT2D eigenvalue weighted by molar-refractivity contribution is -0.143. The maximum atomic E-state index is 10.7. The van der Waals surface area contributed by atoms with Crippen molar-refractivity contribution in [1.29, 1.82) is 0 Å². The molecule has 13 heavy (non-hydrogen) atoms. The molecule has 0 aliphatic rings. The lowest BCUT2D eigenvalue weighted by atomic mass is 9.99. The van der Waals surface area contributed by atoms with Crippen molar-refractivity contribution in [2.24, 2.45) is 5.73 Å². The van der Waals surface area contributed by atoms with E-state index in [2.05, 4.69) is 27.6 Å². The second-order valence-corrected chi connectivity index (χ2v) is 4.11. The maximum absolute atomic E-state index is 10.7. The average molecular weight is 292 g/mol. The molecule has 0 aliphatic carbocycles. The number of carboxylic acids is 1. The van der Waals surface area contributed by atoms with Gasteiger partial charge in [0, 0.05) is 9.77 Å². The molecule has 1 atom stereocenters. The molecule has 1 aromatic rings. The Morgan fingerprint density at radius 1 is 1.69 bits per heavy atom. The summed E-state index contributed by atoms with van der Waals surface area (Å²) in [4.78, 5) is 14.7. The SMILES string of the molecule is C[C@@](N)(C(=O)O)c1ccc(I)cn1. The average Bonchev–Trinajstić information content (AvgIpc) is 2.04. The topological polar surface area (TPSA) is 76.2 Å². The number of nitrogens with two attached hydrogens (primary N) is 1. The molecule has 3 N–H and O–H groups in total. The molecule has 0 saturated carbocycles. The molecule has 0 unspecified atom stereocenters. The van der Waals surface area contributed by atoms with Gasteiger partial charge in [-0.3, -0.25) is 4.98 Å². The van der Waals surface area contributed by atoms with Crippen molar-refractivity contribution in [2.45, 2.75) is 12.5 Å². The van der Waals surface area contributed by atoms with Gasteiger partial charge in [-0.2, -0.15) is 0 Å². The number of aliphatic carboxylic acids is 1. The molecule has 0 amide bonds. The van der Waals surface area contributed by atoms with Crippen LogP contribution in [0.25, 0.3) is 0 Å². The molecule has 1 heterocycles. The molecule has 70 valence electrons. The standard InChI is InChI=1S/C8H9IN2O2/c1-8(10,7(12)13)6-3-2-5(9)4-11-6/h2-4H,10H2,1H3,(H,12,13)/t8-/m0/s1. The van der Waals surface area contributed by atoms with Crippen molar-refractivity contribution in [3.63, 3.8) is 0 Å². The van der Waals surface area contributed by atoms with Gasteiger partial charge in [0.2, 0.25) is 0 Å². The molecule has 1 aromatic heterocycles. The third-order valence-corrected chi connectivity index (χ3v) is 2.34. The van der Waals surface area contributed by atoms with Gasteiger partial charge in [0.1, 0.15) is 0 Å². The number of pyridine rings is 1. The lowest BCUT2D eigenvalue weighted by Gasteiger charge is -2.17. The van der Waals surface area contributed by atoms with E-state index in [-0.39, 0.29) is 0 Å². The number of carboxylic acid groups (broad SMARTS) is 1. The first-order valence-corrected chi connectivity index (χ1v) is 4.67. The molecule has 0 aliphatic heterocycles. The minimum Gasteiger partial charge on any atom is -0.480 e. The minimum absolute atomic E-state index is 0.361. The van der Waals surface area contributed by atoms with Crippen molar-refractivity contribution in [1.82, 2.24) is 4.98 Å². The number of aromatic nitrogens is 1. The van der Waals surface area contributed by atoms with Crippen molar-refractivity contribution in [3.8, 4) is 0 Å². The fourth-order valence-electron chi connectivity index (χ4n) is 0.793. The van der Waals surface area contributed by atoms with Crippen LogP contribution in [0.1, 0.15) is 12.6 Å². The van der Waals surface area contributed by atoms with Crippen LogP contribution < -0.4 is 5.73 Å². The van der Waals surface area contributed by atoms with Gasteiger partial charge in [-0.25, -0.2) is 4.79 Å². The second kappa shape index (κ2) is 3.59. The maximum Gasteiger partial charge on any atom is 0.329 e. The van der Waals surface area contributed by atoms with Crippen LogP contribution in [-0.4, -0.2) is 16.1 Å². The van der Waals surface area contributed by atoms with Gasteiger partial charge in [-0.1, -0.05) is 0 Å². The van der Waals surface area contributed by atoms with E-state index in [1.165, 1.54) is 6.92 Å². The smallest absolute Gasteiger partial charge is 0.329 e. The fourth-order valence-corrected chi connectivity index (χ4v) is 1.11. The van der Waals surface area contributed by atoms with Crippen molar-refractivity contribution >= 4 is 28.6 Å². The Morgan fingerprint density at radius 3 is 2.69 bits per heavy atom. The van der Waals surface area contributed by atoms with E-state index in [9.17, 15) is 4.79 Å². The Kier molecular flexibility index (Phi) is 2.87. The number of halogens is 1. The number of hydrogen-bond donors (Lipinski definition) is 2. The molecular formula is C8H9IN2O2. The van der Waals surface area contributed by atoms with Crippen LogP contribution >= 0.6 is 22.6 Å². The third kappa shape index (κ3) is 2.16. The number of carbonyl (C=O) groups is 1. The minimum atomic E-state index is -1.41. The molecule has 0 aromatic carbocycles. The monoisotopic (exact) mass is 292 g/mol. The zero-order valence-corrected chi connectivity index (χ0v) is 9.15. The van der Waals surface area contributed by atoms with Crippen molar-refractivity contribution in [3.05, 3.63) is 27.6 Å². The highest BCUT2D eigenvalue weighted by Gasteiger charge is 2.31. The van der Waals surface area contributed by atoms with E-state index in [1.807, 2.05) is 0 Å². The van der Waals surface area contributed by atoms with E-state index >= 15 is 0 Å². The van der Waals surface area contributed by atoms with Crippen LogP contribution in [0, 0.1) is 3.57 Å². The van der Waals surface area contributed by atoms with Crippen molar-refractivity contribution < 1.29 is 9.90 Å². The molecule has 5 heteroatoms. The Labute approximate surface area is 89.3 Å². The van der Waals surface area contributed by atoms with Gasteiger partial charge in [-0.15, -0.1) is 0 Å². The largest absolute Gasteiger partial charge is 0.480 e. The van der Waals surface area contributed by atoms with Crippen LogP contribution in [0.3, 0.4) is 0 Å². The molecule has 1 rings (SSSR count). The molecular weight excluding hydrogens is 283 g/mol. The Hall–Kier alpha value is -0.690. The van der Waals surface area contributed by atoms with Crippen molar-refractivity contribution in [2.75, 3.05) is 0 Å². The first-order valence-electron chi connectivity index (χ1n) is 3.59. The van der Waals surface area contributed by atoms with Gasteiger partial charge >= 0.3 is 5.97 Å². The highest BCUT2D eigenvalue weighted by atomic mass is 127. The quantitative estimate of drug-likeness (QED) is 0.796. The zero-order valence-electron chi connectivity index (χ0n) is 6.99. The second-order valence-electron chi connectivity index (χ2n) is 2.87. The number of hydrogen-bond acceptors (Lipinski definition) is 3. The number of nitrogens with zero attached hydrogens (tertiary/aromatic N) is 1. The van der Waals surface area contributed by atoms with Crippen LogP contribution in [0.4, 0.5) is 0 Å². The number of rotatable bonds is 2. The van der Waals surface area contributed by atoms with Crippen LogP contribution in [0.2, 0.25) is 0 Å². The lowest BCUT2D eigenvalue weighted by Crippen LogP contribution is -2.42. The van der Waals surface area contributed by atoms with Crippen LogP contribution in [0.15, 0.2) is 18.3 Å². The van der Waals surface area contributed by atoms with Crippen LogP contribution in [-0.2, 0) is 10.3 Å². The Bertz CT molecular complexity index is 321. The van der Waals surface area contributed by atoms with E-state index in [1.54, 1.807) is 18.3 Å². The fraction of sp³-hybridized carbons (Fsp3) is 0.250. The van der Waals surface area contributed by atoms with E-state index < -0.39 is 11.5 Å². The summed E-state index contributed by atoms with van der Waals surface area (Å²) in [5, 5.41) is 8.80. The summed E-state index contributed by atoms with van der Waals surface area (Å²) in [5.74, 6) is -1.08. The Morgan fingerprint density at radius 2 is 2.31 bits per heavy atom. The van der Waals surface area contributed by atoms with E-state index in [0.717, 1.165) is 3.57 Å². The summed E-state index contributed by atoms with van der Waals surface area (Å²) < 4.78 is 0.947. The zero-order chi connectivity index (χ0) is 10.1. The summed E-state index contributed by atoms with van der Waals surface area (Å²) >= 11 is 2.09. The highest BCUT2D eigenvalue weighted by Crippen LogP contribution is 2.16. The van der Waals surface area contributed by atoms with Gasteiger partial charge in [-0.05, 0) is 41.6 Å². The van der Waals surface area contributed by atoms with Gasteiger partial charge in [0.05, 0.1) is 5.69 Å². The molecule has 4 nitrogen and oxygen atoms in total. The molecule has 0 bridgehead atoms. The Balaban J connectivity index is 3.08.